The lowest BCUT2D eigenvalue weighted by Crippen LogP contribution is -2.33. The molecule has 0 amide bonds. The van der Waals surface area contributed by atoms with E-state index < -0.39 is 0 Å². The first-order valence-corrected chi connectivity index (χ1v) is 10.4. The summed E-state index contributed by atoms with van der Waals surface area (Å²) in [5.41, 5.74) is 7.93. The van der Waals surface area contributed by atoms with Crippen molar-refractivity contribution in [3.05, 3.63) is 73.2 Å². The lowest BCUT2D eigenvalue weighted by Gasteiger charge is -2.37. The smallest absolute Gasteiger partial charge is 0.258 e. The van der Waals surface area contributed by atoms with E-state index in [-0.39, 0.29) is 24.1 Å². The van der Waals surface area contributed by atoms with Crippen molar-refractivity contribution in [3.8, 4) is 11.4 Å². The fourth-order valence-corrected chi connectivity index (χ4v) is 5.65. The van der Waals surface area contributed by atoms with Gasteiger partial charge in [0, 0.05) is 22.6 Å². The Morgan fingerprint density at radius 3 is 2.80 bits per heavy atom. The number of aryl methyl sites for hydroxylation is 2. The van der Waals surface area contributed by atoms with Crippen molar-refractivity contribution in [2.75, 3.05) is 0 Å². The van der Waals surface area contributed by atoms with E-state index in [9.17, 15) is 9.18 Å². The first kappa shape index (κ1) is 16.6. The van der Waals surface area contributed by atoms with Crippen molar-refractivity contribution in [1.82, 2.24) is 9.55 Å². The molecule has 5 heterocycles. The molecule has 30 heavy (non-hydrogen) atoms. The van der Waals surface area contributed by atoms with Gasteiger partial charge in [0.25, 0.3) is 5.56 Å². The molecule has 3 aliphatic heterocycles. The standard InChI is InChI=1S/C24H19FN2O3/c1-10-12-4-3-5-13-15-8-27-19(21(15)26-18(20(12)13)7-17(10)25)6-14-16(24(27)28)9-29-22-11(2)30-23(14)22/h6-7,23H,3-5,8-9H2,1-2H3. The molecule has 150 valence electrons. The highest BCUT2D eigenvalue weighted by molar-refractivity contribution is 5.92. The van der Waals surface area contributed by atoms with Gasteiger partial charge in [0.1, 0.15) is 18.2 Å². The zero-order chi connectivity index (χ0) is 20.3. The van der Waals surface area contributed by atoms with Crippen molar-refractivity contribution in [2.24, 2.45) is 0 Å². The van der Waals surface area contributed by atoms with E-state index in [4.69, 9.17) is 14.5 Å². The van der Waals surface area contributed by atoms with Gasteiger partial charge in [-0.25, -0.2) is 9.37 Å². The van der Waals surface area contributed by atoms with Crippen LogP contribution in [0.25, 0.3) is 22.3 Å². The number of rotatable bonds is 0. The SMILES string of the molecule is CC1=C2OCc3c(cc4n(c3=O)Cc3c-4nc4cc(F)c(C)c5c4c3CCC5)C2O1. The Morgan fingerprint density at radius 1 is 1.13 bits per heavy atom. The Balaban J connectivity index is 1.53. The van der Waals surface area contributed by atoms with Gasteiger partial charge in [-0.05, 0) is 55.9 Å². The topological polar surface area (TPSA) is 53.4 Å². The van der Waals surface area contributed by atoms with Crippen molar-refractivity contribution in [1.29, 1.82) is 0 Å². The number of nitrogens with zero attached hydrogens (tertiary/aromatic N) is 2. The third-order valence-electron chi connectivity index (χ3n) is 7.20. The Bertz CT molecular complexity index is 1430. The molecule has 0 N–H and O–H groups in total. The average Bonchev–Trinajstić information content (AvgIpc) is 3.10. The van der Waals surface area contributed by atoms with Gasteiger partial charge in [-0.2, -0.15) is 0 Å². The van der Waals surface area contributed by atoms with Crippen LogP contribution in [-0.4, -0.2) is 9.55 Å². The van der Waals surface area contributed by atoms with E-state index in [1.807, 2.05) is 19.9 Å². The van der Waals surface area contributed by atoms with Gasteiger partial charge in [-0.3, -0.25) is 4.79 Å². The molecule has 5 nitrogen and oxygen atoms in total. The quantitative estimate of drug-likeness (QED) is 0.443. The first-order chi connectivity index (χ1) is 14.5. The first-order valence-electron chi connectivity index (χ1n) is 10.4. The van der Waals surface area contributed by atoms with Gasteiger partial charge in [-0.15, -0.1) is 0 Å². The van der Waals surface area contributed by atoms with Gasteiger partial charge < -0.3 is 14.0 Å². The Morgan fingerprint density at radius 2 is 1.97 bits per heavy atom. The van der Waals surface area contributed by atoms with E-state index in [1.165, 1.54) is 5.56 Å². The molecule has 0 radical (unpaired) electrons. The molecule has 0 saturated heterocycles. The summed E-state index contributed by atoms with van der Waals surface area (Å²) in [5.74, 6) is 1.39. The minimum atomic E-state index is -0.304. The maximum atomic E-state index is 14.6. The van der Waals surface area contributed by atoms with Crippen LogP contribution in [0.15, 0.2) is 28.4 Å². The molecule has 4 aliphatic rings. The third-order valence-corrected chi connectivity index (χ3v) is 7.20. The number of ether oxygens (including phenoxy) is 2. The van der Waals surface area contributed by atoms with E-state index in [0.29, 0.717) is 17.6 Å². The molecule has 0 saturated carbocycles. The number of allylic oxidation sites excluding steroid dienone is 1. The van der Waals surface area contributed by atoms with E-state index in [2.05, 4.69) is 0 Å². The number of benzene rings is 1. The fraction of sp³-hybridized carbons (Fsp3) is 0.333. The summed E-state index contributed by atoms with van der Waals surface area (Å²) >= 11 is 0. The summed E-state index contributed by atoms with van der Waals surface area (Å²) in [6.45, 7) is 4.51. The maximum absolute atomic E-state index is 14.6. The maximum Gasteiger partial charge on any atom is 0.258 e. The molecule has 1 aromatic carbocycles. The van der Waals surface area contributed by atoms with E-state index >= 15 is 0 Å². The van der Waals surface area contributed by atoms with Crippen LogP contribution < -0.4 is 5.56 Å². The molecular formula is C24H19FN2O3. The zero-order valence-electron chi connectivity index (χ0n) is 16.8. The van der Waals surface area contributed by atoms with Gasteiger partial charge in [0.05, 0.1) is 29.0 Å². The second-order valence-corrected chi connectivity index (χ2v) is 8.69. The zero-order valence-corrected chi connectivity index (χ0v) is 16.8. The molecule has 1 atom stereocenters. The third kappa shape index (κ3) is 1.83. The van der Waals surface area contributed by atoms with Crippen LogP contribution in [0.1, 0.15) is 52.8 Å². The van der Waals surface area contributed by atoms with Crippen molar-refractivity contribution < 1.29 is 13.9 Å². The van der Waals surface area contributed by atoms with Gasteiger partial charge in [-0.1, -0.05) is 0 Å². The molecule has 1 unspecified atom stereocenters. The lowest BCUT2D eigenvalue weighted by atomic mass is 9.85. The van der Waals surface area contributed by atoms with Gasteiger partial charge >= 0.3 is 0 Å². The van der Waals surface area contributed by atoms with E-state index in [1.54, 1.807) is 10.6 Å². The largest absolute Gasteiger partial charge is 0.485 e. The van der Waals surface area contributed by atoms with Crippen LogP contribution in [0.2, 0.25) is 0 Å². The number of pyridine rings is 2. The van der Waals surface area contributed by atoms with Crippen LogP contribution in [-0.2, 0) is 35.5 Å². The Labute approximate surface area is 171 Å². The second kappa shape index (κ2) is 5.31. The highest BCUT2D eigenvalue weighted by Crippen LogP contribution is 2.47. The molecule has 2 aromatic heterocycles. The molecule has 6 heteroatoms. The Hall–Kier alpha value is -3.15. The second-order valence-electron chi connectivity index (χ2n) is 8.69. The number of halogens is 1. The highest BCUT2D eigenvalue weighted by atomic mass is 19.1. The normalized spacial score (nSPS) is 20.0. The summed E-state index contributed by atoms with van der Waals surface area (Å²) in [6.07, 6.45) is 2.49. The minimum Gasteiger partial charge on any atom is -0.485 e. The van der Waals surface area contributed by atoms with Crippen LogP contribution in [0.4, 0.5) is 4.39 Å². The number of fused-ring (bicyclic) bond motifs is 7. The van der Waals surface area contributed by atoms with Crippen molar-refractivity contribution in [3.63, 3.8) is 0 Å². The minimum absolute atomic E-state index is 0.0395. The lowest BCUT2D eigenvalue weighted by molar-refractivity contribution is -0.0224. The van der Waals surface area contributed by atoms with Crippen LogP contribution in [0, 0.1) is 12.7 Å². The molecule has 3 aromatic rings. The summed E-state index contributed by atoms with van der Waals surface area (Å²) in [6, 6.07) is 3.58. The summed E-state index contributed by atoms with van der Waals surface area (Å²) < 4.78 is 27.9. The Kier molecular flexibility index (Phi) is 2.94. The molecule has 0 fully saturated rings. The molecule has 1 aliphatic carbocycles. The molecular weight excluding hydrogens is 383 g/mol. The van der Waals surface area contributed by atoms with Crippen LogP contribution >= 0.6 is 0 Å². The molecule has 0 spiro atoms. The highest BCUT2D eigenvalue weighted by Gasteiger charge is 2.41. The van der Waals surface area contributed by atoms with Crippen molar-refractivity contribution >= 4 is 10.9 Å². The number of aromatic nitrogens is 2. The predicted octanol–water partition coefficient (Wildman–Crippen LogP) is 4.19. The van der Waals surface area contributed by atoms with Crippen LogP contribution in [0.5, 0.6) is 0 Å². The fourth-order valence-electron chi connectivity index (χ4n) is 5.65. The summed E-state index contributed by atoms with van der Waals surface area (Å²) in [5, 5.41) is 1.09. The van der Waals surface area contributed by atoms with E-state index in [0.717, 1.165) is 69.8 Å². The molecule has 7 rings (SSSR count). The molecule has 0 bridgehead atoms. The summed E-state index contributed by atoms with van der Waals surface area (Å²) in [7, 11) is 0. The number of hydrogen-bond donors (Lipinski definition) is 0. The summed E-state index contributed by atoms with van der Waals surface area (Å²) in [4.78, 5) is 18.2. The number of hydrogen-bond acceptors (Lipinski definition) is 4. The monoisotopic (exact) mass is 402 g/mol. The van der Waals surface area contributed by atoms with Gasteiger partial charge in [0.15, 0.2) is 11.9 Å². The van der Waals surface area contributed by atoms with Gasteiger partial charge in [0.2, 0.25) is 0 Å². The predicted molar refractivity (Wildman–Crippen MR) is 109 cm³/mol. The average molecular weight is 402 g/mol. The van der Waals surface area contributed by atoms with Crippen molar-refractivity contribution in [2.45, 2.75) is 52.4 Å². The van der Waals surface area contributed by atoms with Crippen LogP contribution in [0.3, 0.4) is 0 Å².